The van der Waals surface area contributed by atoms with Gasteiger partial charge in [0.1, 0.15) is 6.07 Å². The second-order valence-corrected chi connectivity index (χ2v) is 6.55. The van der Waals surface area contributed by atoms with Crippen molar-refractivity contribution in [1.29, 1.82) is 5.26 Å². The zero-order valence-electron chi connectivity index (χ0n) is 10.8. The predicted molar refractivity (Wildman–Crippen MR) is 79.9 cm³/mol. The molecule has 1 aliphatic carbocycles. The fourth-order valence-electron chi connectivity index (χ4n) is 3.52. The first kappa shape index (κ1) is 13.0. The minimum Gasteiger partial charge on any atom is -0.371 e. The van der Waals surface area contributed by atoms with Crippen LogP contribution in [-0.2, 0) is 0 Å². The zero-order valence-corrected chi connectivity index (χ0v) is 12.4. The number of hydrogen-bond acceptors (Lipinski definition) is 3. The topological polar surface area (TPSA) is 53.0 Å². The Labute approximate surface area is 122 Å². The molecule has 1 saturated carbocycles. The number of nitrogens with two attached hydrogens (primary N) is 1. The van der Waals surface area contributed by atoms with Crippen LogP contribution in [0.25, 0.3) is 0 Å². The summed E-state index contributed by atoms with van der Waals surface area (Å²) in [5, 5.41) is 8.97. The van der Waals surface area contributed by atoms with Crippen LogP contribution in [0.3, 0.4) is 0 Å². The SMILES string of the molecule is N#Cc1ccc(N2CC3CCCC(N)C3C2)cc1Br. The van der Waals surface area contributed by atoms with E-state index in [4.69, 9.17) is 11.0 Å². The zero-order chi connectivity index (χ0) is 13.4. The highest BCUT2D eigenvalue weighted by atomic mass is 79.9. The third-order valence-electron chi connectivity index (χ3n) is 4.59. The van der Waals surface area contributed by atoms with Gasteiger partial charge in [0.05, 0.1) is 5.56 Å². The second-order valence-electron chi connectivity index (χ2n) is 5.70. The fourth-order valence-corrected chi connectivity index (χ4v) is 3.97. The number of hydrogen-bond donors (Lipinski definition) is 1. The van der Waals surface area contributed by atoms with Crippen LogP contribution < -0.4 is 10.6 Å². The lowest BCUT2D eigenvalue weighted by Crippen LogP contribution is -2.38. The minimum absolute atomic E-state index is 0.366. The van der Waals surface area contributed by atoms with Crippen LogP contribution in [0.4, 0.5) is 5.69 Å². The Morgan fingerprint density at radius 3 is 2.84 bits per heavy atom. The average Bonchev–Trinajstić information content (AvgIpc) is 2.84. The molecule has 1 aromatic carbocycles. The number of anilines is 1. The van der Waals surface area contributed by atoms with Gasteiger partial charge in [-0.05, 0) is 58.8 Å². The number of benzene rings is 1. The molecule has 0 radical (unpaired) electrons. The molecular weight excluding hydrogens is 302 g/mol. The third-order valence-corrected chi connectivity index (χ3v) is 5.25. The maximum Gasteiger partial charge on any atom is 0.100 e. The number of rotatable bonds is 1. The quantitative estimate of drug-likeness (QED) is 0.866. The second kappa shape index (κ2) is 5.15. The van der Waals surface area contributed by atoms with Gasteiger partial charge in [-0.1, -0.05) is 6.42 Å². The van der Waals surface area contributed by atoms with Crippen LogP contribution in [0.1, 0.15) is 24.8 Å². The molecule has 3 atom stereocenters. The van der Waals surface area contributed by atoms with E-state index in [9.17, 15) is 0 Å². The highest BCUT2D eigenvalue weighted by Gasteiger charge is 2.38. The third kappa shape index (κ3) is 2.37. The molecule has 1 aliphatic heterocycles. The summed E-state index contributed by atoms with van der Waals surface area (Å²) in [4.78, 5) is 2.42. The van der Waals surface area contributed by atoms with E-state index in [2.05, 4.69) is 33.0 Å². The highest BCUT2D eigenvalue weighted by molar-refractivity contribution is 9.10. The van der Waals surface area contributed by atoms with Crippen molar-refractivity contribution < 1.29 is 0 Å². The van der Waals surface area contributed by atoms with Crippen molar-refractivity contribution in [3.63, 3.8) is 0 Å². The summed E-state index contributed by atoms with van der Waals surface area (Å²) in [6.45, 7) is 2.17. The van der Waals surface area contributed by atoms with Crippen molar-refractivity contribution in [2.24, 2.45) is 17.6 Å². The van der Waals surface area contributed by atoms with E-state index < -0.39 is 0 Å². The Morgan fingerprint density at radius 1 is 1.32 bits per heavy atom. The standard InChI is InChI=1S/C15H18BrN3/c16-14-6-12(5-4-10(14)7-17)19-8-11-2-1-3-15(18)13(11)9-19/h4-6,11,13,15H,1-3,8-9,18H2. The predicted octanol–water partition coefficient (Wildman–Crippen LogP) is 2.88. The van der Waals surface area contributed by atoms with Gasteiger partial charge in [0.25, 0.3) is 0 Å². The van der Waals surface area contributed by atoms with E-state index in [1.807, 2.05) is 12.1 Å². The molecule has 100 valence electrons. The summed E-state index contributed by atoms with van der Waals surface area (Å²) in [7, 11) is 0. The Kier molecular flexibility index (Phi) is 3.51. The van der Waals surface area contributed by atoms with Crippen LogP contribution in [-0.4, -0.2) is 19.1 Å². The Hall–Kier alpha value is -1.05. The lowest BCUT2D eigenvalue weighted by Gasteiger charge is -2.29. The summed E-state index contributed by atoms with van der Waals surface area (Å²) in [6.07, 6.45) is 3.76. The van der Waals surface area contributed by atoms with Gasteiger partial charge >= 0.3 is 0 Å². The molecule has 1 aromatic rings. The summed E-state index contributed by atoms with van der Waals surface area (Å²) >= 11 is 3.47. The maximum atomic E-state index is 8.97. The Morgan fingerprint density at radius 2 is 2.16 bits per heavy atom. The molecule has 3 unspecified atom stereocenters. The van der Waals surface area contributed by atoms with Crippen LogP contribution in [0, 0.1) is 23.2 Å². The molecule has 2 aliphatic rings. The van der Waals surface area contributed by atoms with Gasteiger partial charge < -0.3 is 10.6 Å². The van der Waals surface area contributed by atoms with Gasteiger partial charge in [0, 0.05) is 29.3 Å². The first-order valence-corrected chi connectivity index (χ1v) is 7.68. The van der Waals surface area contributed by atoms with Crippen molar-refractivity contribution in [2.75, 3.05) is 18.0 Å². The van der Waals surface area contributed by atoms with Crippen molar-refractivity contribution in [1.82, 2.24) is 0 Å². The first-order chi connectivity index (χ1) is 9.19. The molecule has 0 bridgehead atoms. The van der Waals surface area contributed by atoms with E-state index in [1.54, 1.807) is 0 Å². The van der Waals surface area contributed by atoms with Gasteiger partial charge in [-0.3, -0.25) is 0 Å². The molecule has 19 heavy (non-hydrogen) atoms. The van der Waals surface area contributed by atoms with E-state index >= 15 is 0 Å². The smallest absolute Gasteiger partial charge is 0.100 e. The lowest BCUT2D eigenvalue weighted by atomic mass is 9.78. The average molecular weight is 320 g/mol. The van der Waals surface area contributed by atoms with Crippen molar-refractivity contribution in [3.05, 3.63) is 28.2 Å². The van der Waals surface area contributed by atoms with Crippen LogP contribution in [0.15, 0.2) is 22.7 Å². The number of halogens is 1. The van der Waals surface area contributed by atoms with E-state index in [-0.39, 0.29) is 0 Å². The van der Waals surface area contributed by atoms with Gasteiger partial charge in [-0.15, -0.1) is 0 Å². The Bertz CT molecular complexity index is 523. The monoisotopic (exact) mass is 319 g/mol. The molecule has 3 nitrogen and oxygen atoms in total. The molecule has 2 N–H and O–H groups in total. The Balaban J connectivity index is 1.81. The molecule has 3 rings (SSSR count). The van der Waals surface area contributed by atoms with E-state index in [0.29, 0.717) is 17.5 Å². The molecule has 0 aromatic heterocycles. The molecule has 1 saturated heterocycles. The largest absolute Gasteiger partial charge is 0.371 e. The maximum absolute atomic E-state index is 8.97. The minimum atomic E-state index is 0.366. The van der Waals surface area contributed by atoms with Gasteiger partial charge in [0.2, 0.25) is 0 Å². The molecule has 4 heteroatoms. The number of nitriles is 1. The molecule has 2 fully saturated rings. The van der Waals surface area contributed by atoms with Crippen LogP contribution >= 0.6 is 15.9 Å². The summed E-state index contributed by atoms with van der Waals surface area (Å²) < 4.78 is 0.881. The molecule has 0 amide bonds. The highest BCUT2D eigenvalue weighted by Crippen LogP contribution is 2.38. The van der Waals surface area contributed by atoms with Gasteiger partial charge in [-0.25, -0.2) is 0 Å². The number of fused-ring (bicyclic) bond motifs is 1. The van der Waals surface area contributed by atoms with Crippen molar-refractivity contribution in [2.45, 2.75) is 25.3 Å². The van der Waals surface area contributed by atoms with Gasteiger partial charge in [0.15, 0.2) is 0 Å². The number of nitrogens with zero attached hydrogens (tertiary/aromatic N) is 2. The summed E-state index contributed by atoms with van der Waals surface area (Å²) in [5.74, 6) is 1.39. The normalized spacial score (nSPS) is 29.9. The van der Waals surface area contributed by atoms with Crippen LogP contribution in [0.5, 0.6) is 0 Å². The van der Waals surface area contributed by atoms with Gasteiger partial charge in [-0.2, -0.15) is 5.26 Å². The van der Waals surface area contributed by atoms with Crippen LogP contribution in [0.2, 0.25) is 0 Å². The van der Waals surface area contributed by atoms with E-state index in [1.165, 1.54) is 24.9 Å². The first-order valence-electron chi connectivity index (χ1n) is 6.89. The molecule has 1 heterocycles. The summed E-state index contributed by atoms with van der Waals surface area (Å²) in [6, 6.07) is 8.55. The molecular formula is C15H18BrN3. The van der Waals surface area contributed by atoms with Crippen molar-refractivity contribution in [3.8, 4) is 6.07 Å². The van der Waals surface area contributed by atoms with E-state index in [0.717, 1.165) is 23.5 Å². The molecule has 0 spiro atoms. The summed E-state index contributed by atoms with van der Waals surface area (Å²) in [5.41, 5.74) is 8.15. The van der Waals surface area contributed by atoms with Crippen molar-refractivity contribution >= 4 is 21.6 Å². The lowest BCUT2D eigenvalue weighted by molar-refractivity contribution is 0.260. The fraction of sp³-hybridized carbons (Fsp3) is 0.533.